The standard InChI is InChI=1S/C17H18INO2S/c1-11-7-8-15(12(2)9-11)21-10-13-14(18)5-4-6-16(13)22-17(20)19-3/h4-9H,10H2,1-3H3,(H,19,20). The number of carbonyl (C=O) groups excluding carboxylic acids is 1. The first-order valence-electron chi connectivity index (χ1n) is 6.88. The molecule has 0 saturated heterocycles. The Morgan fingerprint density at radius 3 is 2.73 bits per heavy atom. The third-order valence-corrected chi connectivity index (χ3v) is 5.19. The van der Waals surface area contributed by atoms with Gasteiger partial charge in [0, 0.05) is 21.1 Å². The molecule has 0 heterocycles. The van der Waals surface area contributed by atoms with Crippen LogP contribution in [-0.4, -0.2) is 12.3 Å². The molecule has 2 aromatic rings. The molecule has 22 heavy (non-hydrogen) atoms. The lowest BCUT2D eigenvalue weighted by Gasteiger charge is -2.14. The van der Waals surface area contributed by atoms with Crippen molar-refractivity contribution in [3.63, 3.8) is 0 Å². The molecule has 2 aromatic carbocycles. The predicted octanol–water partition coefficient (Wildman–Crippen LogP) is 4.92. The van der Waals surface area contributed by atoms with Crippen LogP contribution in [0.2, 0.25) is 0 Å². The summed E-state index contributed by atoms with van der Waals surface area (Å²) < 4.78 is 7.06. The van der Waals surface area contributed by atoms with Gasteiger partial charge in [0.2, 0.25) is 0 Å². The van der Waals surface area contributed by atoms with Crippen molar-refractivity contribution >= 4 is 39.6 Å². The Kier molecular flexibility index (Phi) is 6.14. The number of hydrogen-bond donors (Lipinski definition) is 1. The molecule has 0 aliphatic heterocycles. The average Bonchev–Trinajstić information content (AvgIpc) is 2.48. The summed E-state index contributed by atoms with van der Waals surface area (Å²) in [6.45, 7) is 4.55. The van der Waals surface area contributed by atoms with E-state index in [-0.39, 0.29) is 5.24 Å². The molecule has 1 N–H and O–H groups in total. The number of thioether (sulfide) groups is 1. The van der Waals surface area contributed by atoms with Gasteiger partial charge in [-0.3, -0.25) is 4.79 Å². The first-order chi connectivity index (χ1) is 10.5. The van der Waals surface area contributed by atoms with Gasteiger partial charge in [0.25, 0.3) is 5.24 Å². The maximum atomic E-state index is 11.6. The highest BCUT2D eigenvalue weighted by Gasteiger charge is 2.12. The van der Waals surface area contributed by atoms with Gasteiger partial charge < -0.3 is 10.1 Å². The third-order valence-electron chi connectivity index (χ3n) is 3.19. The minimum absolute atomic E-state index is 0.0743. The highest BCUT2D eigenvalue weighted by molar-refractivity contribution is 14.1. The van der Waals surface area contributed by atoms with E-state index >= 15 is 0 Å². The lowest BCUT2D eigenvalue weighted by atomic mass is 10.1. The van der Waals surface area contributed by atoms with Crippen LogP contribution in [0.1, 0.15) is 16.7 Å². The molecule has 0 atom stereocenters. The molecule has 0 bridgehead atoms. The summed E-state index contributed by atoms with van der Waals surface area (Å²) in [5.74, 6) is 0.876. The summed E-state index contributed by atoms with van der Waals surface area (Å²) in [5.41, 5.74) is 3.37. The Labute approximate surface area is 149 Å². The van der Waals surface area contributed by atoms with Crippen molar-refractivity contribution in [2.75, 3.05) is 7.05 Å². The van der Waals surface area contributed by atoms with E-state index in [0.29, 0.717) is 6.61 Å². The molecule has 0 aliphatic rings. The van der Waals surface area contributed by atoms with Crippen molar-refractivity contribution in [3.8, 4) is 5.75 Å². The van der Waals surface area contributed by atoms with E-state index in [1.807, 2.05) is 37.3 Å². The summed E-state index contributed by atoms with van der Waals surface area (Å²) in [5, 5.41) is 2.56. The van der Waals surface area contributed by atoms with E-state index < -0.39 is 0 Å². The molecule has 0 spiro atoms. The normalized spacial score (nSPS) is 10.4. The first-order valence-corrected chi connectivity index (χ1v) is 8.78. The molecule has 0 aliphatic carbocycles. The van der Waals surface area contributed by atoms with Gasteiger partial charge in [-0.1, -0.05) is 23.8 Å². The molecule has 0 unspecified atom stereocenters. The topological polar surface area (TPSA) is 38.3 Å². The van der Waals surface area contributed by atoms with Crippen molar-refractivity contribution < 1.29 is 9.53 Å². The van der Waals surface area contributed by atoms with Crippen LogP contribution in [0.3, 0.4) is 0 Å². The van der Waals surface area contributed by atoms with Crippen LogP contribution in [0.25, 0.3) is 0 Å². The highest BCUT2D eigenvalue weighted by atomic mass is 127. The van der Waals surface area contributed by atoms with E-state index in [9.17, 15) is 4.79 Å². The number of carbonyl (C=O) groups is 1. The summed E-state index contributed by atoms with van der Waals surface area (Å²) in [4.78, 5) is 12.5. The minimum Gasteiger partial charge on any atom is -0.489 e. The molecule has 0 saturated carbocycles. The van der Waals surface area contributed by atoms with Gasteiger partial charge in [0.15, 0.2) is 0 Å². The monoisotopic (exact) mass is 427 g/mol. The van der Waals surface area contributed by atoms with Gasteiger partial charge in [-0.2, -0.15) is 0 Å². The first kappa shape index (κ1) is 17.1. The number of rotatable bonds is 4. The molecule has 3 nitrogen and oxygen atoms in total. The zero-order valence-corrected chi connectivity index (χ0v) is 15.7. The highest BCUT2D eigenvalue weighted by Crippen LogP contribution is 2.29. The molecule has 2 rings (SSSR count). The van der Waals surface area contributed by atoms with E-state index in [1.165, 1.54) is 17.3 Å². The Bertz CT molecular complexity index is 688. The van der Waals surface area contributed by atoms with Gasteiger partial charge in [-0.05, 0) is 72.0 Å². The van der Waals surface area contributed by atoms with Crippen LogP contribution in [-0.2, 0) is 6.61 Å². The fraction of sp³-hybridized carbons (Fsp3) is 0.235. The second-order valence-electron chi connectivity index (χ2n) is 4.91. The summed E-state index contributed by atoms with van der Waals surface area (Å²) in [6.07, 6.45) is 0. The van der Waals surface area contributed by atoms with Crippen molar-refractivity contribution in [1.82, 2.24) is 5.32 Å². The smallest absolute Gasteiger partial charge is 0.283 e. The van der Waals surface area contributed by atoms with Gasteiger partial charge in [0.1, 0.15) is 12.4 Å². The zero-order valence-electron chi connectivity index (χ0n) is 12.8. The summed E-state index contributed by atoms with van der Waals surface area (Å²) >= 11 is 3.47. The van der Waals surface area contributed by atoms with E-state index in [0.717, 1.165) is 25.3 Å². The van der Waals surface area contributed by atoms with E-state index in [2.05, 4.69) is 40.9 Å². The van der Waals surface area contributed by atoms with Crippen LogP contribution < -0.4 is 10.1 Å². The lowest BCUT2D eigenvalue weighted by Crippen LogP contribution is -2.12. The maximum absolute atomic E-state index is 11.6. The Balaban J connectivity index is 2.19. The summed E-state index contributed by atoms with van der Waals surface area (Å²) in [6, 6.07) is 12.1. The fourth-order valence-corrected chi connectivity index (χ4v) is 3.61. The largest absolute Gasteiger partial charge is 0.489 e. The van der Waals surface area contributed by atoms with Crippen LogP contribution in [0.4, 0.5) is 4.79 Å². The maximum Gasteiger partial charge on any atom is 0.283 e. The molecular weight excluding hydrogens is 409 g/mol. The molecule has 0 fully saturated rings. The molecular formula is C17H18INO2S. The van der Waals surface area contributed by atoms with Gasteiger partial charge in [0.05, 0.1) is 0 Å². The molecule has 5 heteroatoms. The molecule has 116 valence electrons. The second kappa shape index (κ2) is 7.87. The number of hydrogen-bond acceptors (Lipinski definition) is 3. The SMILES string of the molecule is CNC(=O)Sc1cccc(I)c1COc1ccc(C)cc1C. The summed E-state index contributed by atoms with van der Waals surface area (Å²) in [7, 11) is 1.63. The van der Waals surface area contributed by atoms with E-state index in [1.54, 1.807) is 7.05 Å². The van der Waals surface area contributed by atoms with Gasteiger partial charge in [-0.15, -0.1) is 0 Å². The third kappa shape index (κ3) is 4.39. The lowest BCUT2D eigenvalue weighted by molar-refractivity contribution is 0.262. The number of halogens is 1. The van der Waals surface area contributed by atoms with Crippen LogP contribution in [0.5, 0.6) is 5.75 Å². The average molecular weight is 427 g/mol. The van der Waals surface area contributed by atoms with Gasteiger partial charge in [-0.25, -0.2) is 0 Å². The minimum atomic E-state index is -0.0743. The van der Waals surface area contributed by atoms with Crippen LogP contribution in [0.15, 0.2) is 41.3 Å². The zero-order chi connectivity index (χ0) is 16.1. The number of ether oxygens (including phenoxy) is 1. The van der Waals surface area contributed by atoms with Crippen LogP contribution in [0, 0.1) is 17.4 Å². The predicted molar refractivity (Wildman–Crippen MR) is 99.7 cm³/mol. The van der Waals surface area contributed by atoms with Gasteiger partial charge >= 0.3 is 0 Å². The van der Waals surface area contributed by atoms with Crippen molar-refractivity contribution in [2.24, 2.45) is 0 Å². The Morgan fingerprint density at radius 2 is 2.05 bits per heavy atom. The number of amides is 1. The number of aryl methyl sites for hydroxylation is 2. The fourth-order valence-electron chi connectivity index (χ4n) is 2.04. The number of nitrogens with one attached hydrogen (secondary N) is 1. The number of benzene rings is 2. The van der Waals surface area contributed by atoms with Crippen molar-refractivity contribution in [3.05, 3.63) is 56.7 Å². The van der Waals surface area contributed by atoms with Crippen molar-refractivity contribution in [2.45, 2.75) is 25.3 Å². The Hall–Kier alpha value is -1.21. The second-order valence-corrected chi connectivity index (χ2v) is 7.09. The molecule has 0 radical (unpaired) electrons. The van der Waals surface area contributed by atoms with E-state index in [4.69, 9.17) is 4.74 Å². The van der Waals surface area contributed by atoms with Crippen LogP contribution >= 0.6 is 34.4 Å². The van der Waals surface area contributed by atoms with Crippen molar-refractivity contribution in [1.29, 1.82) is 0 Å². The quantitative estimate of drug-likeness (QED) is 0.556. The molecule has 0 aromatic heterocycles. The molecule has 1 amide bonds. The Morgan fingerprint density at radius 1 is 1.27 bits per heavy atom.